The van der Waals surface area contributed by atoms with Crippen LogP contribution in [0, 0.1) is 0 Å². The fourth-order valence-electron chi connectivity index (χ4n) is 2.26. The third kappa shape index (κ3) is 2.87. The number of thiazole rings is 1. The standard InChI is InChI=1S/C16H16N2O4S/c1-10(19)18(9-11-5-4-8-22-11)16-17-14-12(20-2)6-7-13(21-3)15(14)23-16/h4-8H,9H2,1-3H3. The lowest BCUT2D eigenvalue weighted by molar-refractivity contribution is -0.116. The molecule has 120 valence electrons. The first-order valence-electron chi connectivity index (χ1n) is 6.96. The van der Waals surface area contributed by atoms with Crippen molar-refractivity contribution < 1.29 is 18.7 Å². The Labute approximate surface area is 137 Å². The average Bonchev–Trinajstić information content (AvgIpc) is 3.20. The first-order valence-corrected chi connectivity index (χ1v) is 7.77. The largest absolute Gasteiger partial charge is 0.495 e. The molecule has 0 aliphatic carbocycles. The van der Waals surface area contributed by atoms with E-state index in [2.05, 4.69) is 4.98 Å². The van der Waals surface area contributed by atoms with Crippen molar-refractivity contribution in [2.24, 2.45) is 0 Å². The quantitative estimate of drug-likeness (QED) is 0.716. The van der Waals surface area contributed by atoms with Gasteiger partial charge >= 0.3 is 0 Å². The second-order valence-electron chi connectivity index (χ2n) is 4.83. The van der Waals surface area contributed by atoms with E-state index < -0.39 is 0 Å². The molecule has 3 rings (SSSR count). The molecule has 23 heavy (non-hydrogen) atoms. The molecular formula is C16H16N2O4S. The van der Waals surface area contributed by atoms with Crippen molar-refractivity contribution in [3.63, 3.8) is 0 Å². The second kappa shape index (κ2) is 6.29. The minimum Gasteiger partial charge on any atom is -0.495 e. The summed E-state index contributed by atoms with van der Waals surface area (Å²) in [5, 5.41) is 0.576. The summed E-state index contributed by atoms with van der Waals surface area (Å²) in [5.41, 5.74) is 0.678. The van der Waals surface area contributed by atoms with E-state index in [1.54, 1.807) is 37.5 Å². The van der Waals surface area contributed by atoms with Crippen molar-refractivity contribution in [1.29, 1.82) is 0 Å². The Kier molecular flexibility index (Phi) is 4.20. The number of carbonyl (C=O) groups excluding carboxylic acids is 1. The van der Waals surface area contributed by atoms with Gasteiger partial charge in [0.1, 0.15) is 27.5 Å². The van der Waals surface area contributed by atoms with Gasteiger partial charge in [-0.2, -0.15) is 0 Å². The highest BCUT2D eigenvalue weighted by atomic mass is 32.1. The molecule has 2 heterocycles. The van der Waals surface area contributed by atoms with Crippen molar-refractivity contribution in [3.05, 3.63) is 36.3 Å². The number of methoxy groups -OCH3 is 2. The van der Waals surface area contributed by atoms with Crippen LogP contribution in [-0.2, 0) is 11.3 Å². The zero-order valence-electron chi connectivity index (χ0n) is 13.0. The summed E-state index contributed by atoms with van der Waals surface area (Å²) in [5.74, 6) is 1.92. The van der Waals surface area contributed by atoms with E-state index in [9.17, 15) is 4.79 Å². The fourth-order valence-corrected chi connectivity index (χ4v) is 3.38. The maximum atomic E-state index is 12.0. The van der Waals surface area contributed by atoms with Gasteiger partial charge in [0.15, 0.2) is 5.13 Å². The molecular weight excluding hydrogens is 316 g/mol. The summed E-state index contributed by atoms with van der Waals surface area (Å²) in [6.07, 6.45) is 1.58. The molecule has 3 aromatic rings. The highest BCUT2D eigenvalue weighted by Gasteiger charge is 2.21. The van der Waals surface area contributed by atoms with Gasteiger partial charge in [0, 0.05) is 6.92 Å². The van der Waals surface area contributed by atoms with Gasteiger partial charge in [-0.05, 0) is 24.3 Å². The molecule has 0 unspecified atom stereocenters. The molecule has 0 saturated carbocycles. The van der Waals surface area contributed by atoms with Gasteiger partial charge in [0.2, 0.25) is 5.91 Å². The predicted molar refractivity (Wildman–Crippen MR) is 88.3 cm³/mol. The van der Waals surface area contributed by atoms with Gasteiger partial charge in [-0.1, -0.05) is 11.3 Å². The summed E-state index contributed by atoms with van der Waals surface area (Å²) in [4.78, 5) is 18.2. The number of aromatic nitrogens is 1. The van der Waals surface area contributed by atoms with Gasteiger partial charge < -0.3 is 13.9 Å². The number of furan rings is 1. The number of nitrogens with zero attached hydrogens (tertiary/aromatic N) is 2. The van der Waals surface area contributed by atoms with Crippen LogP contribution in [0.5, 0.6) is 11.5 Å². The molecule has 0 saturated heterocycles. The third-order valence-electron chi connectivity index (χ3n) is 3.40. The van der Waals surface area contributed by atoms with Crippen LogP contribution < -0.4 is 14.4 Å². The molecule has 1 aromatic carbocycles. The van der Waals surface area contributed by atoms with E-state index in [0.29, 0.717) is 34.5 Å². The predicted octanol–water partition coefficient (Wildman–Crippen LogP) is 3.46. The van der Waals surface area contributed by atoms with Crippen LogP contribution in [0.4, 0.5) is 5.13 Å². The summed E-state index contributed by atoms with van der Waals surface area (Å²) in [6.45, 7) is 1.83. The SMILES string of the molecule is COc1ccc(OC)c2sc(N(Cc3ccco3)C(C)=O)nc12. The number of carbonyl (C=O) groups is 1. The molecule has 0 bridgehead atoms. The van der Waals surface area contributed by atoms with Gasteiger partial charge in [-0.25, -0.2) is 4.98 Å². The molecule has 2 aromatic heterocycles. The van der Waals surface area contributed by atoms with Crippen molar-refractivity contribution in [2.75, 3.05) is 19.1 Å². The fraction of sp³-hybridized carbons (Fsp3) is 0.250. The van der Waals surface area contributed by atoms with Crippen molar-refractivity contribution >= 4 is 32.6 Å². The monoisotopic (exact) mass is 332 g/mol. The average molecular weight is 332 g/mol. The van der Waals surface area contributed by atoms with E-state index in [-0.39, 0.29) is 5.91 Å². The molecule has 0 N–H and O–H groups in total. The first kappa shape index (κ1) is 15.4. The van der Waals surface area contributed by atoms with Gasteiger partial charge in [-0.15, -0.1) is 0 Å². The Balaban J connectivity index is 2.08. The molecule has 0 spiro atoms. The molecule has 0 aliphatic rings. The Hall–Kier alpha value is -2.54. The summed E-state index contributed by atoms with van der Waals surface area (Å²) < 4.78 is 16.9. The van der Waals surface area contributed by atoms with Crippen LogP contribution in [0.2, 0.25) is 0 Å². The summed E-state index contributed by atoms with van der Waals surface area (Å²) in [6, 6.07) is 7.24. The zero-order valence-corrected chi connectivity index (χ0v) is 13.8. The lowest BCUT2D eigenvalue weighted by Gasteiger charge is -2.15. The van der Waals surface area contributed by atoms with Gasteiger partial charge in [0.25, 0.3) is 0 Å². The number of ether oxygens (including phenoxy) is 2. The van der Waals surface area contributed by atoms with Gasteiger partial charge in [-0.3, -0.25) is 9.69 Å². The van der Waals surface area contributed by atoms with Gasteiger partial charge in [0.05, 0.1) is 27.0 Å². The highest BCUT2D eigenvalue weighted by molar-refractivity contribution is 7.22. The number of anilines is 1. The van der Waals surface area contributed by atoms with E-state index >= 15 is 0 Å². The molecule has 0 atom stereocenters. The minimum absolute atomic E-state index is 0.113. The van der Waals surface area contributed by atoms with Crippen LogP contribution in [0.15, 0.2) is 34.9 Å². The lowest BCUT2D eigenvalue weighted by Crippen LogP contribution is -2.27. The van der Waals surface area contributed by atoms with Crippen LogP contribution in [0.3, 0.4) is 0 Å². The van der Waals surface area contributed by atoms with Crippen LogP contribution in [0.25, 0.3) is 10.2 Å². The third-order valence-corrected chi connectivity index (χ3v) is 4.50. The Morgan fingerprint density at radius 1 is 1.26 bits per heavy atom. The lowest BCUT2D eigenvalue weighted by atomic mass is 10.3. The smallest absolute Gasteiger partial charge is 0.226 e. The summed E-state index contributed by atoms with van der Waals surface area (Å²) in [7, 11) is 3.19. The number of benzene rings is 1. The minimum atomic E-state index is -0.113. The molecule has 0 radical (unpaired) electrons. The first-order chi connectivity index (χ1) is 11.1. The second-order valence-corrected chi connectivity index (χ2v) is 5.81. The maximum Gasteiger partial charge on any atom is 0.226 e. The zero-order chi connectivity index (χ0) is 16.4. The van der Waals surface area contributed by atoms with Crippen LogP contribution in [0.1, 0.15) is 12.7 Å². The van der Waals surface area contributed by atoms with E-state index in [1.165, 1.54) is 18.3 Å². The number of hydrogen-bond donors (Lipinski definition) is 0. The maximum absolute atomic E-state index is 12.0. The normalized spacial score (nSPS) is 10.7. The Bertz CT molecular complexity index is 785. The van der Waals surface area contributed by atoms with Crippen molar-refractivity contribution in [1.82, 2.24) is 4.98 Å². The van der Waals surface area contributed by atoms with E-state index in [4.69, 9.17) is 13.9 Å². The molecule has 0 fully saturated rings. The molecule has 6 nitrogen and oxygen atoms in total. The number of hydrogen-bond acceptors (Lipinski definition) is 6. The van der Waals surface area contributed by atoms with E-state index in [1.807, 2.05) is 12.1 Å². The Morgan fingerprint density at radius 2 is 2.00 bits per heavy atom. The van der Waals surface area contributed by atoms with Crippen molar-refractivity contribution in [2.45, 2.75) is 13.5 Å². The topological polar surface area (TPSA) is 64.8 Å². The highest BCUT2D eigenvalue weighted by Crippen LogP contribution is 2.40. The van der Waals surface area contributed by atoms with Crippen molar-refractivity contribution in [3.8, 4) is 11.5 Å². The molecule has 1 amide bonds. The molecule has 7 heteroatoms. The Morgan fingerprint density at radius 3 is 2.61 bits per heavy atom. The summed E-state index contributed by atoms with van der Waals surface area (Å²) >= 11 is 1.38. The number of rotatable bonds is 5. The number of amides is 1. The van der Waals surface area contributed by atoms with Crippen LogP contribution in [-0.4, -0.2) is 25.1 Å². The number of fused-ring (bicyclic) bond motifs is 1. The van der Waals surface area contributed by atoms with E-state index in [0.717, 1.165) is 4.70 Å². The van der Waals surface area contributed by atoms with Crippen LogP contribution >= 0.6 is 11.3 Å². The molecule has 0 aliphatic heterocycles.